The molecule has 0 N–H and O–H groups in total. The predicted molar refractivity (Wildman–Crippen MR) is 66.2 cm³/mol. The SMILES string of the molecule is CCCC(C)[CH]C(C)CCCC(C)C. The number of hydrogen-bond donors (Lipinski definition) is 0. The molecule has 0 aromatic carbocycles. The van der Waals surface area contributed by atoms with E-state index in [1.54, 1.807) is 0 Å². The minimum atomic E-state index is 0.814. The normalized spacial score (nSPS) is 15.9. The van der Waals surface area contributed by atoms with Crippen LogP contribution in [-0.4, -0.2) is 0 Å². The Balaban J connectivity index is 3.39. The molecular formula is C14H29. The van der Waals surface area contributed by atoms with Crippen LogP contribution in [0.1, 0.15) is 66.7 Å². The maximum absolute atomic E-state index is 2.55. The summed E-state index contributed by atoms with van der Waals surface area (Å²) in [5.74, 6) is 2.50. The summed E-state index contributed by atoms with van der Waals surface area (Å²) < 4.78 is 0. The smallest absolute Gasteiger partial charge is 0.0329 e. The third kappa shape index (κ3) is 8.59. The highest BCUT2D eigenvalue weighted by Crippen LogP contribution is 2.20. The zero-order valence-corrected chi connectivity index (χ0v) is 10.8. The van der Waals surface area contributed by atoms with E-state index in [4.69, 9.17) is 0 Å². The molecule has 1 radical (unpaired) electrons. The van der Waals surface area contributed by atoms with Crippen LogP contribution in [0.25, 0.3) is 0 Å². The van der Waals surface area contributed by atoms with Crippen LogP contribution in [0, 0.1) is 24.2 Å². The molecule has 0 aliphatic rings. The molecule has 0 aliphatic carbocycles. The molecule has 0 rings (SSSR count). The van der Waals surface area contributed by atoms with Crippen molar-refractivity contribution in [1.82, 2.24) is 0 Å². The monoisotopic (exact) mass is 197 g/mol. The second-order valence-corrected chi connectivity index (χ2v) is 5.26. The van der Waals surface area contributed by atoms with E-state index < -0.39 is 0 Å². The maximum Gasteiger partial charge on any atom is -0.0329 e. The second kappa shape index (κ2) is 8.32. The Labute approximate surface area is 91.5 Å². The molecule has 0 saturated carbocycles. The fourth-order valence-electron chi connectivity index (χ4n) is 2.06. The van der Waals surface area contributed by atoms with Crippen LogP contribution < -0.4 is 0 Å². The Kier molecular flexibility index (Phi) is 8.32. The van der Waals surface area contributed by atoms with Gasteiger partial charge in [0.2, 0.25) is 0 Å². The summed E-state index contributed by atoms with van der Waals surface area (Å²) >= 11 is 0. The largest absolute Gasteiger partial charge is 0.0654 e. The van der Waals surface area contributed by atoms with Gasteiger partial charge in [0.25, 0.3) is 0 Å². The molecule has 0 saturated heterocycles. The Bertz CT molecular complexity index is 115. The maximum atomic E-state index is 2.55. The first-order chi connectivity index (χ1) is 6.56. The van der Waals surface area contributed by atoms with Crippen LogP contribution in [-0.2, 0) is 0 Å². The first-order valence-corrected chi connectivity index (χ1v) is 6.41. The Morgan fingerprint density at radius 1 is 0.857 bits per heavy atom. The first kappa shape index (κ1) is 14.0. The summed E-state index contributed by atoms with van der Waals surface area (Å²) in [6, 6.07) is 0. The van der Waals surface area contributed by atoms with Crippen molar-refractivity contribution in [2.45, 2.75) is 66.7 Å². The molecule has 0 heterocycles. The summed E-state index contributed by atoms with van der Waals surface area (Å²) in [7, 11) is 0. The molecule has 0 aromatic rings. The Hall–Kier alpha value is 0. The van der Waals surface area contributed by atoms with Crippen LogP contribution in [0.2, 0.25) is 0 Å². The van der Waals surface area contributed by atoms with Gasteiger partial charge in [-0.2, -0.15) is 0 Å². The minimum Gasteiger partial charge on any atom is -0.0654 e. The van der Waals surface area contributed by atoms with E-state index >= 15 is 0 Å². The van der Waals surface area contributed by atoms with Gasteiger partial charge in [0.05, 0.1) is 0 Å². The van der Waals surface area contributed by atoms with Gasteiger partial charge in [-0.1, -0.05) is 66.7 Å². The highest BCUT2D eigenvalue weighted by Gasteiger charge is 2.08. The molecular weight excluding hydrogens is 168 g/mol. The molecule has 2 unspecified atom stereocenters. The highest BCUT2D eigenvalue weighted by molar-refractivity contribution is 4.78. The van der Waals surface area contributed by atoms with Crippen molar-refractivity contribution in [3.63, 3.8) is 0 Å². The molecule has 14 heavy (non-hydrogen) atoms. The quantitative estimate of drug-likeness (QED) is 0.508. The molecule has 0 aliphatic heterocycles. The van der Waals surface area contributed by atoms with Gasteiger partial charge in [-0.15, -0.1) is 0 Å². The van der Waals surface area contributed by atoms with Crippen LogP contribution in [0.3, 0.4) is 0 Å². The van der Waals surface area contributed by atoms with Gasteiger partial charge in [0, 0.05) is 0 Å². The van der Waals surface area contributed by atoms with E-state index in [0.29, 0.717) is 0 Å². The van der Waals surface area contributed by atoms with Gasteiger partial charge in [0.15, 0.2) is 0 Å². The molecule has 0 heteroatoms. The van der Waals surface area contributed by atoms with Crippen molar-refractivity contribution in [2.24, 2.45) is 17.8 Å². The summed E-state index contributed by atoms with van der Waals surface area (Å²) in [5, 5.41) is 0. The summed E-state index contributed by atoms with van der Waals surface area (Å²) in [6.45, 7) is 11.6. The fourth-order valence-corrected chi connectivity index (χ4v) is 2.06. The predicted octanol–water partition coefficient (Wildman–Crippen LogP) is 5.09. The molecule has 0 nitrogen and oxygen atoms in total. The van der Waals surface area contributed by atoms with E-state index in [1.807, 2.05) is 0 Å². The lowest BCUT2D eigenvalue weighted by Crippen LogP contribution is -2.04. The third-order valence-electron chi connectivity index (χ3n) is 2.84. The standard InChI is InChI=1S/C14H29/c1-6-8-13(4)11-14(5)10-7-9-12(2)3/h11-14H,6-10H2,1-5H3. The molecule has 0 fully saturated rings. The van der Waals surface area contributed by atoms with Crippen molar-refractivity contribution in [2.75, 3.05) is 0 Å². The molecule has 0 amide bonds. The van der Waals surface area contributed by atoms with Crippen LogP contribution in [0.5, 0.6) is 0 Å². The average molecular weight is 197 g/mol. The lowest BCUT2D eigenvalue weighted by atomic mass is 9.90. The number of hydrogen-bond acceptors (Lipinski definition) is 0. The molecule has 0 spiro atoms. The zero-order chi connectivity index (χ0) is 11.0. The summed E-state index contributed by atoms with van der Waals surface area (Å²) in [6.07, 6.45) is 9.38. The van der Waals surface area contributed by atoms with Gasteiger partial charge >= 0.3 is 0 Å². The van der Waals surface area contributed by atoms with Crippen LogP contribution in [0.4, 0.5) is 0 Å². The highest BCUT2D eigenvalue weighted by atomic mass is 14.1. The number of rotatable bonds is 8. The summed E-state index contributed by atoms with van der Waals surface area (Å²) in [4.78, 5) is 0. The second-order valence-electron chi connectivity index (χ2n) is 5.26. The van der Waals surface area contributed by atoms with Crippen molar-refractivity contribution in [3.05, 3.63) is 6.42 Å². The third-order valence-corrected chi connectivity index (χ3v) is 2.84. The fraction of sp³-hybridized carbons (Fsp3) is 0.929. The van der Waals surface area contributed by atoms with Gasteiger partial charge in [0.1, 0.15) is 0 Å². The van der Waals surface area contributed by atoms with Gasteiger partial charge in [-0.05, 0) is 24.2 Å². The Morgan fingerprint density at radius 2 is 1.43 bits per heavy atom. The van der Waals surface area contributed by atoms with E-state index in [-0.39, 0.29) is 0 Å². The average Bonchev–Trinajstić information content (AvgIpc) is 2.03. The van der Waals surface area contributed by atoms with Crippen molar-refractivity contribution < 1.29 is 0 Å². The van der Waals surface area contributed by atoms with Gasteiger partial charge in [-0.3, -0.25) is 0 Å². The topological polar surface area (TPSA) is 0 Å². The summed E-state index contributed by atoms with van der Waals surface area (Å²) in [5.41, 5.74) is 0. The lowest BCUT2D eigenvalue weighted by Gasteiger charge is -2.16. The zero-order valence-electron chi connectivity index (χ0n) is 10.8. The molecule has 0 bridgehead atoms. The van der Waals surface area contributed by atoms with Crippen molar-refractivity contribution in [1.29, 1.82) is 0 Å². The molecule has 85 valence electrons. The van der Waals surface area contributed by atoms with Gasteiger partial charge in [-0.25, -0.2) is 0 Å². The van der Waals surface area contributed by atoms with Crippen LogP contribution in [0.15, 0.2) is 0 Å². The molecule has 2 atom stereocenters. The van der Waals surface area contributed by atoms with Gasteiger partial charge < -0.3 is 0 Å². The Morgan fingerprint density at radius 3 is 1.93 bits per heavy atom. The van der Waals surface area contributed by atoms with Crippen LogP contribution >= 0.6 is 0 Å². The van der Waals surface area contributed by atoms with Crippen molar-refractivity contribution >= 4 is 0 Å². The lowest BCUT2D eigenvalue weighted by molar-refractivity contribution is 0.446. The minimum absolute atomic E-state index is 0.814. The van der Waals surface area contributed by atoms with E-state index in [2.05, 4.69) is 41.0 Å². The molecule has 0 aromatic heterocycles. The van der Waals surface area contributed by atoms with E-state index in [0.717, 1.165) is 17.8 Å². The van der Waals surface area contributed by atoms with E-state index in [1.165, 1.54) is 32.1 Å². The van der Waals surface area contributed by atoms with E-state index in [9.17, 15) is 0 Å². The van der Waals surface area contributed by atoms with Crippen molar-refractivity contribution in [3.8, 4) is 0 Å². The first-order valence-electron chi connectivity index (χ1n) is 6.41.